The maximum atomic E-state index is 13.7. The maximum absolute atomic E-state index is 13.7. The van der Waals surface area contributed by atoms with Crippen molar-refractivity contribution in [2.45, 2.75) is 77.0 Å². The number of esters is 2. The molecule has 1 aromatic heterocycles. The lowest BCUT2D eigenvalue weighted by Gasteiger charge is -2.27. The zero-order valence-electron chi connectivity index (χ0n) is 24.6. The number of carboxylic acid groups (broad SMARTS) is 1. The minimum absolute atomic E-state index is 0. The van der Waals surface area contributed by atoms with Crippen molar-refractivity contribution in [1.29, 1.82) is 0 Å². The van der Waals surface area contributed by atoms with Crippen molar-refractivity contribution in [2.24, 2.45) is 5.73 Å². The van der Waals surface area contributed by atoms with Crippen LogP contribution in [0.25, 0.3) is 0 Å². The molecule has 0 unspecified atom stereocenters. The van der Waals surface area contributed by atoms with Gasteiger partial charge in [-0.1, -0.05) is 0 Å². The van der Waals surface area contributed by atoms with Crippen LogP contribution in [0, 0.1) is 0 Å². The summed E-state index contributed by atoms with van der Waals surface area (Å²) in [4.78, 5) is 44.6. The van der Waals surface area contributed by atoms with Crippen LogP contribution in [0.4, 0.5) is 0 Å². The minimum Gasteiger partial charge on any atom is -0.481 e. The van der Waals surface area contributed by atoms with Crippen LogP contribution < -0.4 is 26.6 Å². The van der Waals surface area contributed by atoms with E-state index in [1.165, 1.54) is 34.3 Å². The lowest BCUT2D eigenvalue weighted by atomic mass is 10.1. The Morgan fingerprint density at radius 2 is 1.60 bits per heavy atom. The van der Waals surface area contributed by atoms with Crippen molar-refractivity contribution in [3.63, 3.8) is 0 Å². The molecule has 3 rings (SSSR count). The number of pyridine rings is 1. The normalized spacial score (nSPS) is 23.7. The summed E-state index contributed by atoms with van der Waals surface area (Å²) in [6, 6.07) is 1.15. The smallest absolute Gasteiger partial charge is 0.342 e. The first-order chi connectivity index (χ1) is 19.0. The molecule has 8 N–H and O–H groups in total. The molecule has 2 aliphatic rings. The van der Waals surface area contributed by atoms with E-state index in [1.54, 1.807) is 36.7 Å². The first-order valence-electron chi connectivity index (χ1n) is 12.5. The van der Waals surface area contributed by atoms with E-state index in [1.807, 2.05) is 0 Å². The van der Waals surface area contributed by atoms with Crippen molar-refractivity contribution >= 4 is 31.5 Å². The van der Waals surface area contributed by atoms with E-state index in [4.69, 9.17) is 34.4 Å². The van der Waals surface area contributed by atoms with E-state index in [-0.39, 0.29) is 18.3 Å². The fourth-order valence-corrected chi connectivity index (χ4v) is 5.90. The van der Waals surface area contributed by atoms with E-state index in [0.717, 1.165) is 6.92 Å². The van der Waals surface area contributed by atoms with Gasteiger partial charge in [-0.15, -0.1) is 0 Å². The SMILES string of the molecule is CC(=O)O.COC(=O)[C@H](C)NP(=O)(N[C@@H](C)C(=O)OC)OC[C@H]1O[C@@H]([n+]2cccc(C(N)=O)c2)[C@@H]2OC(C)(C)O[C@@H]21.N. The standard InChI is InChI=1S/C22H33N4O10P.C2H4O2.H3N/c1-12(20(28)31-5)24-37(30,25-13(2)21(29)32-6)33-11-15-16-17(36-22(3,4)35-16)19(34-15)26-9-7-8-14(10-26)18(23)27;1-2(3)4;/h7-10,12-13,15-17,19H,11H2,1-6H3,(H3-,23,24,25,27,30);1H3,(H,3,4);1H3/p+1/t12-,13-,15+,16+,17+,19+;;/m0../s1. The third kappa shape index (κ3) is 10.1. The number of rotatable bonds is 11. The minimum atomic E-state index is -4.05. The fraction of sp³-hybridized carbons (Fsp3) is 0.625. The maximum Gasteiger partial charge on any atom is 0.342 e. The van der Waals surface area contributed by atoms with Crippen molar-refractivity contribution in [2.75, 3.05) is 20.8 Å². The molecule has 6 atom stereocenters. The van der Waals surface area contributed by atoms with E-state index >= 15 is 0 Å². The Kier molecular flexibility index (Phi) is 13.6. The van der Waals surface area contributed by atoms with Gasteiger partial charge in [0.2, 0.25) is 0 Å². The molecule has 0 bridgehead atoms. The monoisotopic (exact) mass is 622 g/mol. The molecule has 2 fully saturated rings. The van der Waals surface area contributed by atoms with E-state index in [9.17, 15) is 18.9 Å². The number of nitrogens with two attached hydrogens (primary N) is 1. The summed E-state index contributed by atoms with van der Waals surface area (Å²) in [6.07, 6.45) is 0.500. The number of methoxy groups -OCH3 is 2. The lowest BCUT2D eigenvalue weighted by molar-refractivity contribution is -0.766. The van der Waals surface area contributed by atoms with Crippen LogP contribution in [0.1, 0.15) is 51.2 Å². The molecule has 0 spiro atoms. The Labute approximate surface area is 243 Å². The number of carbonyl (C=O) groups excluding carboxylic acids is 3. The number of hydrogen-bond acceptors (Lipinski definition) is 12. The Balaban J connectivity index is 0.00000165. The summed E-state index contributed by atoms with van der Waals surface area (Å²) in [5.74, 6) is -3.76. The molecule has 0 radical (unpaired) electrons. The number of aromatic nitrogens is 1. The van der Waals surface area contributed by atoms with Gasteiger partial charge in [0.25, 0.3) is 18.1 Å². The highest BCUT2D eigenvalue weighted by molar-refractivity contribution is 7.54. The number of ether oxygens (including phenoxy) is 5. The van der Waals surface area contributed by atoms with Gasteiger partial charge in [0.1, 0.15) is 29.9 Å². The predicted molar refractivity (Wildman–Crippen MR) is 144 cm³/mol. The van der Waals surface area contributed by atoms with Crippen molar-refractivity contribution in [3.8, 4) is 0 Å². The van der Waals surface area contributed by atoms with Gasteiger partial charge < -0.3 is 45.2 Å². The van der Waals surface area contributed by atoms with Crippen LogP contribution in [0.15, 0.2) is 24.5 Å². The molecular weight excluding hydrogens is 581 g/mol. The number of carboxylic acids is 1. The number of carbonyl (C=O) groups is 4. The topological polar surface area (TPSA) is 250 Å². The number of aliphatic carboxylic acids is 1. The number of nitrogens with one attached hydrogen (secondary N) is 2. The zero-order chi connectivity index (χ0) is 31.1. The molecule has 3 heterocycles. The number of nitrogens with zero attached hydrogens (tertiary/aromatic N) is 1. The Hall–Kier alpha value is -3.02. The van der Waals surface area contributed by atoms with E-state index in [2.05, 4.69) is 19.6 Å². The van der Waals surface area contributed by atoms with Crippen LogP contribution in [-0.2, 0) is 47.2 Å². The first kappa shape index (κ1) is 37.0. The molecule has 2 aliphatic heterocycles. The van der Waals surface area contributed by atoms with Gasteiger partial charge in [-0.3, -0.25) is 23.7 Å². The Morgan fingerprint density at radius 3 is 2.07 bits per heavy atom. The molecular formula is C24H41N5O12P+. The number of amides is 1. The Morgan fingerprint density at radius 1 is 1.10 bits per heavy atom. The predicted octanol–water partition coefficient (Wildman–Crippen LogP) is 0.170. The molecule has 17 nitrogen and oxygen atoms in total. The highest BCUT2D eigenvalue weighted by Gasteiger charge is 2.59. The van der Waals surface area contributed by atoms with Gasteiger partial charge in [-0.25, -0.2) is 10.2 Å². The van der Waals surface area contributed by atoms with E-state index in [0.29, 0.717) is 0 Å². The molecule has 2 saturated heterocycles. The molecule has 1 aromatic rings. The van der Waals surface area contributed by atoms with Crippen LogP contribution >= 0.6 is 7.67 Å². The average Bonchev–Trinajstić information content (AvgIpc) is 3.38. The summed E-state index contributed by atoms with van der Waals surface area (Å²) < 4.78 is 48.7. The van der Waals surface area contributed by atoms with Gasteiger partial charge >= 0.3 is 19.6 Å². The molecule has 42 heavy (non-hydrogen) atoms. The van der Waals surface area contributed by atoms with Crippen molar-refractivity contribution in [1.82, 2.24) is 16.3 Å². The Bertz CT molecular complexity index is 1140. The zero-order valence-corrected chi connectivity index (χ0v) is 25.5. The fourth-order valence-electron chi connectivity index (χ4n) is 4.09. The molecule has 0 aliphatic carbocycles. The van der Waals surface area contributed by atoms with Gasteiger partial charge in [0, 0.05) is 13.0 Å². The molecule has 0 aromatic carbocycles. The van der Waals surface area contributed by atoms with Gasteiger partial charge in [-0.05, 0) is 33.8 Å². The summed E-state index contributed by atoms with van der Waals surface area (Å²) in [5, 5.41) is 12.6. The van der Waals surface area contributed by atoms with Crippen LogP contribution in [0.3, 0.4) is 0 Å². The molecule has 1 amide bonds. The average molecular weight is 623 g/mol. The third-order valence-corrected chi connectivity index (χ3v) is 7.75. The summed E-state index contributed by atoms with van der Waals surface area (Å²) in [5.41, 5.74) is 5.69. The number of fused-ring (bicyclic) bond motifs is 1. The number of primary amides is 1. The molecule has 18 heteroatoms. The van der Waals surface area contributed by atoms with Crippen molar-refractivity contribution in [3.05, 3.63) is 30.1 Å². The second kappa shape index (κ2) is 15.5. The second-order valence-corrected chi connectivity index (χ2v) is 11.5. The van der Waals surface area contributed by atoms with Gasteiger partial charge in [-0.2, -0.15) is 4.57 Å². The van der Waals surface area contributed by atoms with Gasteiger partial charge in [0.05, 0.1) is 20.8 Å². The second-order valence-electron chi connectivity index (χ2n) is 9.65. The quantitative estimate of drug-likeness (QED) is 0.125. The highest BCUT2D eigenvalue weighted by Crippen LogP contribution is 2.44. The van der Waals surface area contributed by atoms with Crippen LogP contribution in [0.5, 0.6) is 0 Å². The van der Waals surface area contributed by atoms with Crippen LogP contribution in [-0.4, -0.2) is 85.9 Å². The first-order valence-corrected chi connectivity index (χ1v) is 14.1. The third-order valence-electron chi connectivity index (χ3n) is 5.78. The van der Waals surface area contributed by atoms with Crippen molar-refractivity contribution < 1.29 is 61.6 Å². The number of hydrogen-bond donors (Lipinski definition) is 5. The largest absolute Gasteiger partial charge is 0.481 e. The van der Waals surface area contributed by atoms with Gasteiger partial charge in [0.15, 0.2) is 24.3 Å². The summed E-state index contributed by atoms with van der Waals surface area (Å²) in [6.45, 7) is 7.17. The molecule has 238 valence electrons. The highest BCUT2D eigenvalue weighted by atomic mass is 31.2. The molecule has 0 saturated carbocycles. The summed E-state index contributed by atoms with van der Waals surface area (Å²) >= 11 is 0. The lowest BCUT2D eigenvalue weighted by Crippen LogP contribution is -2.46. The van der Waals surface area contributed by atoms with E-state index < -0.39 is 73.9 Å². The summed E-state index contributed by atoms with van der Waals surface area (Å²) in [7, 11) is -1.67. The van der Waals surface area contributed by atoms with Crippen LogP contribution in [0.2, 0.25) is 0 Å².